The van der Waals surface area contributed by atoms with Crippen LogP contribution in [0.15, 0.2) is 48.5 Å². The highest BCUT2D eigenvalue weighted by Gasteiger charge is 2.48. The fourth-order valence-electron chi connectivity index (χ4n) is 2.68. The number of carbonyl (C=O) groups is 1. The van der Waals surface area contributed by atoms with Crippen LogP contribution in [-0.2, 0) is 21.9 Å². The van der Waals surface area contributed by atoms with Gasteiger partial charge in [0.25, 0.3) is 0 Å². The lowest BCUT2D eigenvalue weighted by molar-refractivity contribution is -0.210. The first kappa shape index (κ1) is 18.2. The molecule has 1 saturated heterocycles. The quantitative estimate of drug-likeness (QED) is 0.776. The molecule has 6 nitrogen and oxygen atoms in total. The molecule has 2 unspecified atom stereocenters. The third kappa shape index (κ3) is 3.82. The van der Waals surface area contributed by atoms with E-state index in [0.29, 0.717) is 6.07 Å². The van der Waals surface area contributed by atoms with Crippen LogP contribution in [0.5, 0.6) is 0 Å². The van der Waals surface area contributed by atoms with Gasteiger partial charge < -0.3 is 14.6 Å². The predicted molar refractivity (Wildman–Crippen MR) is 87.5 cm³/mol. The first-order valence-electron chi connectivity index (χ1n) is 7.97. The summed E-state index contributed by atoms with van der Waals surface area (Å²) in [6.45, 7) is 1.60. The smallest absolute Gasteiger partial charge is 0.410 e. The lowest BCUT2D eigenvalue weighted by Gasteiger charge is -2.26. The molecule has 0 bridgehead atoms. The maximum absolute atomic E-state index is 14.0. The van der Waals surface area contributed by atoms with Crippen LogP contribution < -0.4 is 10.6 Å². The summed E-state index contributed by atoms with van der Waals surface area (Å²) < 4.78 is 37.5. The summed E-state index contributed by atoms with van der Waals surface area (Å²) in [4.78, 5) is 11.9. The Labute approximate surface area is 148 Å². The van der Waals surface area contributed by atoms with Gasteiger partial charge in [-0.05, 0) is 24.6 Å². The van der Waals surface area contributed by atoms with Gasteiger partial charge >= 0.3 is 6.09 Å². The minimum atomic E-state index is -2.07. The normalized spacial score (nSPS) is 25.1. The number of rotatable bonds is 4. The molecule has 3 N–H and O–H groups in total. The first-order chi connectivity index (χ1) is 12.4. The Bertz CT molecular complexity index is 790. The number of alkyl carbamates (subject to hydrolysis) is 1. The number of ether oxygens (including phenoxy) is 2. The molecule has 1 aliphatic rings. The lowest BCUT2D eigenvalue weighted by Crippen LogP contribution is -2.44. The largest absolute Gasteiger partial charge is 0.445 e. The van der Waals surface area contributed by atoms with E-state index in [1.807, 2.05) is 18.2 Å². The molecule has 0 saturated carbocycles. The van der Waals surface area contributed by atoms with E-state index in [9.17, 15) is 18.7 Å². The highest BCUT2D eigenvalue weighted by Crippen LogP contribution is 2.34. The topological polar surface area (TPSA) is 79.8 Å². The summed E-state index contributed by atoms with van der Waals surface area (Å²) in [5, 5.41) is 15.8. The first-order valence-corrected chi connectivity index (χ1v) is 7.97. The molecule has 8 heteroatoms. The summed E-state index contributed by atoms with van der Waals surface area (Å²) in [7, 11) is 0. The van der Waals surface area contributed by atoms with Crippen molar-refractivity contribution in [1.82, 2.24) is 10.6 Å². The Morgan fingerprint density at radius 2 is 2.04 bits per heavy atom. The number of hydrogen-bond donors (Lipinski definition) is 3. The Morgan fingerprint density at radius 1 is 1.31 bits per heavy atom. The van der Waals surface area contributed by atoms with Gasteiger partial charge in [-0.15, -0.1) is 0 Å². The summed E-state index contributed by atoms with van der Waals surface area (Å²) in [5.74, 6) is -3.80. The van der Waals surface area contributed by atoms with Gasteiger partial charge in [-0.2, -0.15) is 0 Å². The van der Waals surface area contributed by atoms with Gasteiger partial charge in [-0.1, -0.05) is 30.3 Å². The number of halogens is 2. The van der Waals surface area contributed by atoms with E-state index in [2.05, 4.69) is 10.6 Å². The van der Waals surface area contributed by atoms with Crippen LogP contribution in [0.2, 0.25) is 0 Å². The lowest BCUT2D eigenvalue weighted by atomic mass is 9.99. The molecule has 1 aliphatic heterocycles. The molecular weight excluding hydrogens is 346 g/mol. The molecule has 1 amide bonds. The molecule has 26 heavy (non-hydrogen) atoms. The van der Waals surface area contributed by atoms with Crippen molar-refractivity contribution in [3.8, 4) is 0 Å². The van der Waals surface area contributed by atoms with Gasteiger partial charge in [-0.3, -0.25) is 10.6 Å². The molecule has 0 aromatic heterocycles. The molecule has 138 valence electrons. The number of hydrogen-bond acceptors (Lipinski definition) is 5. The molecule has 2 aromatic carbocycles. The minimum absolute atomic E-state index is 0.0613. The highest BCUT2D eigenvalue weighted by molar-refractivity contribution is 5.67. The van der Waals surface area contributed by atoms with E-state index < -0.39 is 35.9 Å². The monoisotopic (exact) mass is 364 g/mol. The van der Waals surface area contributed by atoms with Crippen molar-refractivity contribution in [3.05, 3.63) is 71.3 Å². The fraction of sp³-hybridized carbons (Fsp3) is 0.278. The van der Waals surface area contributed by atoms with Crippen LogP contribution in [0.3, 0.4) is 0 Å². The van der Waals surface area contributed by atoms with E-state index in [-0.39, 0.29) is 12.2 Å². The maximum atomic E-state index is 14.0. The number of amides is 1. The third-order valence-corrected chi connectivity index (χ3v) is 4.06. The number of benzene rings is 2. The summed E-state index contributed by atoms with van der Waals surface area (Å²) in [6, 6.07) is 11.1. The van der Waals surface area contributed by atoms with E-state index >= 15 is 0 Å². The Balaban J connectivity index is 1.62. The zero-order valence-electron chi connectivity index (χ0n) is 13.9. The second-order valence-electron chi connectivity index (χ2n) is 5.91. The minimum Gasteiger partial charge on any atom is -0.445 e. The standard InChI is InChI=1S/C18H18F2N2O4/c1-11-18(24,14-8-7-13(19)9-15(14)20)26-16(21-11)22-17(23)25-10-12-5-3-2-4-6-12/h2-9,11,16,21,24H,10H2,1H3,(H,22,23)/t11-,16?,18?/m1/s1. The van der Waals surface area contributed by atoms with Crippen molar-refractivity contribution in [2.75, 3.05) is 0 Å². The molecule has 3 rings (SSSR count). The van der Waals surface area contributed by atoms with Crippen molar-refractivity contribution in [3.63, 3.8) is 0 Å². The van der Waals surface area contributed by atoms with Crippen LogP contribution in [0.1, 0.15) is 18.1 Å². The second-order valence-corrected chi connectivity index (χ2v) is 5.91. The van der Waals surface area contributed by atoms with Crippen molar-refractivity contribution in [2.24, 2.45) is 0 Å². The van der Waals surface area contributed by atoms with Gasteiger partial charge in [0.2, 0.25) is 5.79 Å². The van der Waals surface area contributed by atoms with Gasteiger partial charge in [-0.25, -0.2) is 13.6 Å². The van der Waals surface area contributed by atoms with E-state index in [0.717, 1.165) is 17.7 Å². The zero-order chi connectivity index (χ0) is 18.7. The summed E-state index contributed by atoms with van der Waals surface area (Å²) in [5.41, 5.74) is 0.571. The molecule has 1 heterocycles. The fourth-order valence-corrected chi connectivity index (χ4v) is 2.68. The SMILES string of the molecule is C[C@H]1NC(NC(=O)OCc2ccccc2)OC1(O)c1ccc(F)cc1F. The van der Waals surface area contributed by atoms with Crippen molar-refractivity contribution >= 4 is 6.09 Å². The molecular formula is C18H18F2N2O4. The second kappa shape index (κ2) is 7.36. The van der Waals surface area contributed by atoms with Crippen LogP contribution in [0.25, 0.3) is 0 Å². The Morgan fingerprint density at radius 3 is 2.73 bits per heavy atom. The van der Waals surface area contributed by atoms with Crippen molar-refractivity contribution in [2.45, 2.75) is 31.7 Å². The zero-order valence-corrected chi connectivity index (χ0v) is 13.9. The van der Waals surface area contributed by atoms with Crippen molar-refractivity contribution in [1.29, 1.82) is 0 Å². The van der Waals surface area contributed by atoms with Crippen LogP contribution in [0, 0.1) is 11.6 Å². The van der Waals surface area contributed by atoms with Gasteiger partial charge in [0, 0.05) is 11.6 Å². The van der Waals surface area contributed by atoms with Gasteiger partial charge in [0.05, 0.1) is 6.04 Å². The van der Waals surface area contributed by atoms with E-state index in [1.54, 1.807) is 19.1 Å². The van der Waals surface area contributed by atoms with Gasteiger partial charge in [0.15, 0.2) is 6.35 Å². The van der Waals surface area contributed by atoms with Crippen molar-refractivity contribution < 1.29 is 28.2 Å². The Hall–Kier alpha value is -2.55. The molecule has 0 spiro atoms. The molecule has 3 atom stereocenters. The number of nitrogens with one attached hydrogen (secondary N) is 2. The molecule has 2 aromatic rings. The number of aliphatic hydroxyl groups is 1. The van der Waals surface area contributed by atoms with Gasteiger partial charge in [0.1, 0.15) is 18.2 Å². The third-order valence-electron chi connectivity index (χ3n) is 4.06. The van der Waals surface area contributed by atoms with E-state index in [4.69, 9.17) is 9.47 Å². The predicted octanol–water partition coefficient (Wildman–Crippen LogP) is 2.33. The highest BCUT2D eigenvalue weighted by atomic mass is 19.1. The summed E-state index contributed by atoms with van der Waals surface area (Å²) >= 11 is 0. The maximum Gasteiger partial charge on any atom is 0.410 e. The summed E-state index contributed by atoms with van der Waals surface area (Å²) in [6.07, 6.45) is -1.88. The van der Waals surface area contributed by atoms with Crippen LogP contribution in [-0.4, -0.2) is 23.6 Å². The van der Waals surface area contributed by atoms with E-state index in [1.165, 1.54) is 0 Å². The molecule has 0 radical (unpaired) electrons. The molecule has 1 fully saturated rings. The average molecular weight is 364 g/mol. The van der Waals surface area contributed by atoms with Crippen LogP contribution in [0.4, 0.5) is 13.6 Å². The Kier molecular flexibility index (Phi) is 5.17. The average Bonchev–Trinajstić information content (AvgIpc) is 2.88. The number of carbonyl (C=O) groups excluding carboxylic acids is 1. The molecule has 0 aliphatic carbocycles. The van der Waals surface area contributed by atoms with Crippen LogP contribution >= 0.6 is 0 Å².